The monoisotopic (exact) mass is 286 g/mol. The molecule has 3 aliphatic rings. The molecule has 1 aliphatic heterocycles. The Bertz CT molecular complexity index is 379. The smallest absolute Gasteiger partial charge is 0.349 e. The van der Waals surface area contributed by atoms with Gasteiger partial charge in [0.25, 0.3) is 0 Å². The van der Waals surface area contributed by atoms with Crippen LogP contribution in [0.2, 0.25) is 0 Å². The standard InChI is InChI=1S/C6H7NO.C6H11N.CO2.ClH/c8-6-4-1-2-5(3-4)7-6;1-5-2-3-6(7)4-5;2-1-3;/h1-2,4-5H,3H2,(H,7,8);2-3,5-6H,4,7H2,1H3;;1H/t4-,5+;5-,6+;;/m11../s1. The predicted octanol–water partition coefficient (Wildman–Crippen LogP) is 0.809. The van der Waals surface area contributed by atoms with Crippen LogP contribution in [0.1, 0.15) is 19.8 Å². The molecule has 0 aromatic carbocycles. The number of rotatable bonds is 0. The molecule has 0 aromatic rings. The van der Waals surface area contributed by atoms with Gasteiger partial charge in [0.05, 0.1) is 5.92 Å². The summed E-state index contributed by atoms with van der Waals surface area (Å²) in [4.78, 5) is 26.9. The Morgan fingerprint density at radius 2 is 1.84 bits per heavy atom. The molecule has 3 rings (SSSR count). The number of nitrogens with one attached hydrogen (secondary N) is 1. The number of carbonyl (C=O) groups is 1. The van der Waals surface area contributed by atoms with E-state index in [-0.39, 0.29) is 30.4 Å². The lowest BCUT2D eigenvalue weighted by Crippen LogP contribution is -2.26. The number of nitrogens with two attached hydrogens (primary N) is 1. The van der Waals surface area contributed by atoms with E-state index in [2.05, 4.69) is 30.5 Å². The molecule has 0 saturated carbocycles. The molecule has 1 amide bonds. The highest BCUT2D eigenvalue weighted by Gasteiger charge is 2.32. The van der Waals surface area contributed by atoms with Crippen LogP contribution in [0.5, 0.6) is 0 Å². The molecule has 5 nitrogen and oxygen atoms in total. The number of hydrogen-bond donors (Lipinski definition) is 2. The van der Waals surface area contributed by atoms with Gasteiger partial charge in [0, 0.05) is 12.1 Å². The maximum absolute atomic E-state index is 10.7. The Balaban J connectivity index is 0.000000275. The summed E-state index contributed by atoms with van der Waals surface area (Å²) in [6.45, 7) is 2.18. The highest BCUT2D eigenvalue weighted by Crippen LogP contribution is 2.23. The third-order valence-corrected chi connectivity index (χ3v) is 3.08. The summed E-state index contributed by atoms with van der Waals surface area (Å²) < 4.78 is 0. The summed E-state index contributed by atoms with van der Waals surface area (Å²) in [6.07, 6.45) is 10.7. The lowest BCUT2D eigenvalue weighted by Gasteiger charge is -2.01. The second kappa shape index (κ2) is 8.64. The van der Waals surface area contributed by atoms with Gasteiger partial charge in [0.15, 0.2) is 0 Å². The van der Waals surface area contributed by atoms with Gasteiger partial charge in [-0.15, -0.1) is 12.4 Å². The Hall–Kier alpha value is -1.42. The molecule has 1 fully saturated rings. The van der Waals surface area contributed by atoms with Gasteiger partial charge < -0.3 is 11.1 Å². The molecule has 3 N–H and O–H groups in total. The zero-order chi connectivity index (χ0) is 13.5. The third kappa shape index (κ3) is 5.83. The van der Waals surface area contributed by atoms with Crippen molar-refractivity contribution < 1.29 is 14.4 Å². The molecule has 106 valence electrons. The Labute approximate surface area is 118 Å². The number of hydrogen-bond acceptors (Lipinski definition) is 4. The molecule has 0 spiro atoms. The summed E-state index contributed by atoms with van der Waals surface area (Å²) in [5.41, 5.74) is 5.54. The van der Waals surface area contributed by atoms with E-state index in [0.29, 0.717) is 12.1 Å². The molecule has 0 unspecified atom stereocenters. The molecule has 2 aliphatic carbocycles. The van der Waals surface area contributed by atoms with Crippen LogP contribution in [0.15, 0.2) is 24.3 Å². The predicted molar refractivity (Wildman–Crippen MR) is 72.3 cm³/mol. The quantitative estimate of drug-likeness (QED) is 0.645. The van der Waals surface area contributed by atoms with E-state index in [9.17, 15) is 4.79 Å². The first-order chi connectivity index (χ1) is 8.56. The van der Waals surface area contributed by atoms with Gasteiger partial charge >= 0.3 is 6.15 Å². The lowest BCUT2D eigenvalue weighted by molar-refractivity contribution is -0.191. The van der Waals surface area contributed by atoms with Crippen molar-refractivity contribution in [2.45, 2.75) is 31.8 Å². The van der Waals surface area contributed by atoms with Gasteiger partial charge in [0.1, 0.15) is 0 Å². The molecule has 1 heterocycles. The summed E-state index contributed by atoms with van der Waals surface area (Å²) in [5, 5.41) is 2.83. The fourth-order valence-corrected chi connectivity index (χ4v) is 2.21. The van der Waals surface area contributed by atoms with Gasteiger partial charge in [-0.1, -0.05) is 31.2 Å². The molecule has 19 heavy (non-hydrogen) atoms. The molecular weight excluding hydrogens is 268 g/mol. The number of allylic oxidation sites excluding steroid dienone is 1. The van der Waals surface area contributed by atoms with E-state index in [1.807, 2.05) is 6.08 Å². The van der Waals surface area contributed by atoms with Crippen LogP contribution in [0, 0.1) is 11.8 Å². The Kier molecular flexibility index (Phi) is 8.00. The first-order valence-corrected chi connectivity index (χ1v) is 5.98. The summed E-state index contributed by atoms with van der Waals surface area (Å²) in [5.74, 6) is 1.13. The highest BCUT2D eigenvalue weighted by atomic mass is 35.5. The average molecular weight is 287 g/mol. The van der Waals surface area contributed by atoms with Crippen LogP contribution < -0.4 is 11.1 Å². The molecule has 0 radical (unpaired) electrons. The minimum atomic E-state index is 0. The Morgan fingerprint density at radius 3 is 2.00 bits per heavy atom. The number of fused-ring (bicyclic) bond motifs is 2. The molecule has 4 atom stereocenters. The van der Waals surface area contributed by atoms with Gasteiger partial charge in [-0.25, -0.2) is 0 Å². The van der Waals surface area contributed by atoms with Crippen molar-refractivity contribution in [2.75, 3.05) is 0 Å². The van der Waals surface area contributed by atoms with Gasteiger partial charge in [-0.3, -0.25) is 4.79 Å². The van der Waals surface area contributed by atoms with Crippen LogP contribution in [-0.4, -0.2) is 24.1 Å². The minimum absolute atomic E-state index is 0. The van der Waals surface area contributed by atoms with E-state index < -0.39 is 0 Å². The van der Waals surface area contributed by atoms with Crippen LogP contribution in [0.3, 0.4) is 0 Å². The molecular formula is C13H19ClN2O3. The van der Waals surface area contributed by atoms with Crippen molar-refractivity contribution in [3.63, 3.8) is 0 Å². The molecule has 1 saturated heterocycles. The van der Waals surface area contributed by atoms with Crippen LogP contribution in [0.4, 0.5) is 0 Å². The maximum Gasteiger partial charge on any atom is 0.373 e. The lowest BCUT2D eigenvalue weighted by atomic mass is 10.1. The minimum Gasteiger partial charge on any atom is -0.349 e. The zero-order valence-corrected chi connectivity index (χ0v) is 11.6. The van der Waals surface area contributed by atoms with Crippen molar-refractivity contribution in [1.82, 2.24) is 5.32 Å². The largest absolute Gasteiger partial charge is 0.373 e. The van der Waals surface area contributed by atoms with Crippen molar-refractivity contribution in [1.29, 1.82) is 0 Å². The molecule has 6 heteroatoms. The number of halogens is 1. The second-order valence-corrected chi connectivity index (χ2v) is 4.69. The van der Waals surface area contributed by atoms with Crippen LogP contribution >= 0.6 is 12.4 Å². The van der Waals surface area contributed by atoms with E-state index in [0.717, 1.165) is 18.8 Å². The molecule has 2 bridgehead atoms. The van der Waals surface area contributed by atoms with E-state index in [4.69, 9.17) is 15.3 Å². The number of carbonyl (C=O) groups excluding carboxylic acids is 3. The second-order valence-electron chi connectivity index (χ2n) is 4.69. The van der Waals surface area contributed by atoms with Crippen molar-refractivity contribution in [2.24, 2.45) is 17.6 Å². The summed E-state index contributed by atoms with van der Waals surface area (Å²) >= 11 is 0. The first kappa shape index (κ1) is 17.6. The zero-order valence-electron chi connectivity index (χ0n) is 10.7. The van der Waals surface area contributed by atoms with E-state index in [1.165, 1.54) is 0 Å². The Morgan fingerprint density at radius 1 is 1.21 bits per heavy atom. The van der Waals surface area contributed by atoms with Crippen molar-refractivity contribution in [3.8, 4) is 0 Å². The molecule has 0 aromatic heterocycles. The average Bonchev–Trinajstić information content (AvgIpc) is 2.97. The third-order valence-electron chi connectivity index (χ3n) is 3.08. The van der Waals surface area contributed by atoms with Crippen LogP contribution in [0.25, 0.3) is 0 Å². The van der Waals surface area contributed by atoms with Crippen molar-refractivity contribution in [3.05, 3.63) is 24.3 Å². The van der Waals surface area contributed by atoms with Gasteiger partial charge in [-0.05, 0) is 18.8 Å². The summed E-state index contributed by atoms with van der Waals surface area (Å²) in [7, 11) is 0. The topological polar surface area (TPSA) is 89.3 Å². The van der Waals surface area contributed by atoms with Gasteiger partial charge in [-0.2, -0.15) is 9.59 Å². The maximum atomic E-state index is 10.7. The highest BCUT2D eigenvalue weighted by molar-refractivity contribution is 5.85. The summed E-state index contributed by atoms with van der Waals surface area (Å²) in [6, 6.07) is 0.711. The van der Waals surface area contributed by atoms with Crippen molar-refractivity contribution >= 4 is 24.5 Å². The van der Waals surface area contributed by atoms with Gasteiger partial charge in [0.2, 0.25) is 5.91 Å². The first-order valence-electron chi connectivity index (χ1n) is 5.98. The fourth-order valence-electron chi connectivity index (χ4n) is 2.21. The number of amides is 1. The van der Waals surface area contributed by atoms with Crippen LogP contribution in [-0.2, 0) is 14.4 Å². The SMILES string of the molecule is C[C@@H]1C=C[C@H](N)C1.Cl.O=C1N[C@H]2C=C[C@@H]1C2.O=C=O. The normalized spacial score (nSPS) is 32.2. The van der Waals surface area contributed by atoms with E-state index >= 15 is 0 Å². The fraction of sp³-hybridized carbons (Fsp3) is 0.538. The van der Waals surface area contributed by atoms with E-state index in [1.54, 1.807) is 0 Å².